The smallest absolute Gasteiger partial charge is 0.410 e. The monoisotopic (exact) mass is 180 g/mol. The highest BCUT2D eigenvalue weighted by atomic mass is 16.5. The number of nitrogens with one attached hydrogen (secondary N) is 1. The summed E-state index contributed by atoms with van der Waals surface area (Å²) in [5.74, 6) is 0.511. The first-order valence-electron chi connectivity index (χ1n) is 3.47. The average Bonchev–Trinajstić information content (AvgIpc) is 2.06. The second kappa shape index (κ2) is 5.79. The molecule has 70 valence electrons. The molecule has 1 amide bonds. The molecule has 0 heterocycles. The van der Waals surface area contributed by atoms with Crippen LogP contribution in [0.2, 0.25) is 0 Å². The first kappa shape index (κ1) is 11.2. The maximum absolute atomic E-state index is 10.8. The summed E-state index contributed by atoms with van der Waals surface area (Å²) in [5, 5.41) is 2.30. The molecule has 0 spiro atoms. The maximum atomic E-state index is 10.8. The van der Waals surface area contributed by atoms with Crippen molar-refractivity contribution < 1.29 is 9.53 Å². The van der Waals surface area contributed by atoms with Gasteiger partial charge in [-0.25, -0.2) is 4.79 Å². The van der Waals surface area contributed by atoms with Gasteiger partial charge in [0.25, 0.3) is 0 Å². The van der Waals surface area contributed by atoms with E-state index >= 15 is 0 Å². The Labute approximate surface area is 76.8 Å². The number of ether oxygens (including phenoxy) is 1. The summed E-state index contributed by atoms with van der Waals surface area (Å²) in [6.07, 6.45) is 0.738. The van der Waals surface area contributed by atoms with Gasteiger partial charge in [0, 0.05) is 0 Å². The zero-order valence-corrected chi connectivity index (χ0v) is 7.19. The maximum Gasteiger partial charge on any atom is 0.416 e. The van der Waals surface area contributed by atoms with Crippen molar-refractivity contribution in [2.75, 3.05) is 0 Å². The largest absolute Gasteiger partial charge is 0.416 e. The Bertz CT molecular complexity index is 272. The van der Waals surface area contributed by atoms with Crippen molar-refractivity contribution in [1.29, 1.82) is 0 Å². The van der Waals surface area contributed by atoms with Gasteiger partial charge in [-0.3, -0.25) is 5.32 Å². The summed E-state index contributed by atoms with van der Waals surface area (Å²) in [7, 11) is 0. The van der Waals surface area contributed by atoms with Crippen molar-refractivity contribution in [2.24, 2.45) is 0 Å². The van der Waals surface area contributed by atoms with E-state index in [2.05, 4.69) is 11.9 Å². The van der Waals surface area contributed by atoms with Crippen LogP contribution in [-0.2, 0) is 0 Å². The van der Waals surface area contributed by atoms with Gasteiger partial charge in [-0.1, -0.05) is 24.8 Å². The van der Waals surface area contributed by atoms with Gasteiger partial charge in [0.15, 0.2) is 0 Å². The molecule has 0 fully saturated rings. The van der Waals surface area contributed by atoms with Crippen LogP contribution in [0.25, 0.3) is 0 Å². The van der Waals surface area contributed by atoms with Crippen LogP contribution < -0.4 is 16.2 Å². The Hall–Kier alpha value is -1.81. The van der Waals surface area contributed by atoms with E-state index < -0.39 is 6.09 Å². The number of carbonyl (C=O) groups is 1. The predicted molar refractivity (Wildman–Crippen MR) is 50.8 cm³/mol. The molecule has 0 aromatic heterocycles. The number of benzene rings is 1. The van der Waals surface area contributed by atoms with E-state index in [-0.39, 0.29) is 6.15 Å². The van der Waals surface area contributed by atoms with E-state index in [1.54, 1.807) is 24.3 Å². The van der Waals surface area contributed by atoms with Crippen LogP contribution in [0.1, 0.15) is 0 Å². The molecule has 1 rings (SSSR count). The van der Waals surface area contributed by atoms with Crippen molar-refractivity contribution in [1.82, 2.24) is 11.5 Å². The molecule has 0 unspecified atom stereocenters. The summed E-state index contributed by atoms with van der Waals surface area (Å²) >= 11 is 0. The number of para-hydroxylation sites is 1. The SMILES string of the molecule is C=CNC(=O)Oc1ccccc1.N. The number of amides is 1. The molecule has 4 nitrogen and oxygen atoms in total. The molecule has 0 saturated carbocycles. The minimum Gasteiger partial charge on any atom is -0.410 e. The van der Waals surface area contributed by atoms with E-state index in [9.17, 15) is 4.79 Å². The van der Waals surface area contributed by atoms with Crippen molar-refractivity contribution in [3.8, 4) is 5.75 Å². The molecule has 0 aliphatic rings. The fourth-order valence-corrected chi connectivity index (χ4v) is 0.708. The highest BCUT2D eigenvalue weighted by Gasteiger charge is 1.98. The third kappa shape index (κ3) is 3.93. The minimum atomic E-state index is -0.531. The van der Waals surface area contributed by atoms with Gasteiger partial charge in [-0.15, -0.1) is 0 Å². The molecule has 0 saturated heterocycles. The molecule has 1 aromatic rings. The molecular weight excluding hydrogens is 168 g/mol. The zero-order valence-electron chi connectivity index (χ0n) is 7.19. The summed E-state index contributed by atoms with van der Waals surface area (Å²) in [6, 6.07) is 8.82. The van der Waals surface area contributed by atoms with Crippen LogP contribution in [0.5, 0.6) is 5.75 Å². The molecule has 13 heavy (non-hydrogen) atoms. The van der Waals surface area contributed by atoms with E-state index in [0.717, 1.165) is 0 Å². The Morgan fingerprint density at radius 3 is 2.54 bits per heavy atom. The number of hydrogen-bond acceptors (Lipinski definition) is 3. The first-order chi connectivity index (χ1) is 5.83. The van der Waals surface area contributed by atoms with Crippen LogP contribution in [0.15, 0.2) is 43.1 Å². The van der Waals surface area contributed by atoms with Gasteiger partial charge in [0.2, 0.25) is 0 Å². The Kier molecular flexibility index (Phi) is 4.99. The fourth-order valence-electron chi connectivity index (χ4n) is 0.708. The topological polar surface area (TPSA) is 73.3 Å². The second-order valence-electron chi connectivity index (χ2n) is 2.05. The van der Waals surface area contributed by atoms with Gasteiger partial charge in [-0.2, -0.15) is 0 Å². The highest BCUT2D eigenvalue weighted by molar-refractivity contribution is 5.71. The molecule has 0 radical (unpaired) electrons. The average molecular weight is 180 g/mol. The number of rotatable bonds is 2. The summed E-state index contributed by atoms with van der Waals surface area (Å²) in [6.45, 7) is 3.33. The molecular formula is C9H12N2O2. The molecule has 0 atom stereocenters. The lowest BCUT2D eigenvalue weighted by molar-refractivity contribution is 0.204. The summed E-state index contributed by atoms with van der Waals surface area (Å²) in [4.78, 5) is 10.8. The van der Waals surface area contributed by atoms with Gasteiger partial charge < -0.3 is 10.9 Å². The van der Waals surface area contributed by atoms with Crippen molar-refractivity contribution >= 4 is 6.09 Å². The molecule has 0 aliphatic carbocycles. The van der Waals surface area contributed by atoms with Crippen LogP contribution in [0.3, 0.4) is 0 Å². The third-order valence-corrected chi connectivity index (χ3v) is 1.17. The molecule has 0 bridgehead atoms. The lowest BCUT2D eigenvalue weighted by Crippen LogP contribution is -2.20. The molecule has 1 aromatic carbocycles. The van der Waals surface area contributed by atoms with Crippen LogP contribution in [-0.4, -0.2) is 6.09 Å². The lowest BCUT2D eigenvalue weighted by atomic mass is 10.3. The van der Waals surface area contributed by atoms with Gasteiger partial charge in [0.1, 0.15) is 5.75 Å². The Balaban J connectivity index is 0.00000144. The third-order valence-electron chi connectivity index (χ3n) is 1.17. The zero-order chi connectivity index (χ0) is 8.81. The van der Waals surface area contributed by atoms with Gasteiger partial charge in [0.05, 0.1) is 0 Å². The van der Waals surface area contributed by atoms with Crippen LogP contribution >= 0.6 is 0 Å². The van der Waals surface area contributed by atoms with Crippen molar-refractivity contribution in [2.45, 2.75) is 0 Å². The van der Waals surface area contributed by atoms with Crippen LogP contribution in [0.4, 0.5) is 4.79 Å². The normalized spacial score (nSPS) is 8.00. The quantitative estimate of drug-likeness (QED) is 0.731. The standard InChI is InChI=1S/C9H9NO2.H3N/c1-2-10-9(11)12-8-6-4-3-5-7-8;/h2-7H,1H2,(H,10,11);1H3. The second-order valence-corrected chi connectivity index (χ2v) is 2.05. The van der Waals surface area contributed by atoms with E-state index in [0.29, 0.717) is 5.75 Å². The summed E-state index contributed by atoms with van der Waals surface area (Å²) < 4.78 is 4.83. The van der Waals surface area contributed by atoms with Crippen molar-refractivity contribution in [3.63, 3.8) is 0 Å². The molecule has 4 N–H and O–H groups in total. The number of hydrogen-bond donors (Lipinski definition) is 2. The van der Waals surface area contributed by atoms with Crippen LogP contribution in [0, 0.1) is 0 Å². The Morgan fingerprint density at radius 1 is 1.38 bits per heavy atom. The summed E-state index contributed by atoms with van der Waals surface area (Å²) in [5.41, 5.74) is 0. The molecule has 4 heteroatoms. The van der Waals surface area contributed by atoms with E-state index in [1.807, 2.05) is 6.07 Å². The Morgan fingerprint density at radius 2 is 2.00 bits per heavy atom. The van der Waals surface area contributed by atoms with Gasteiger partial charge >= 0.3 is 6.09 Å². The predicted octanol–water partition coefficient (Wildman–Crippen LogP) is 2.08. The first-order valence-corrected chi connectivity index (χ1v) is 3.47. The van der Waals surface area contributed by atoms with E-state index in [1.165, 1.54) is 6.20 Å². The fraction of sp³-hybridized carbons (Fsp3) is 0. The minimum absolute atomic E-state index is 0. The lowest BCUT2D eigenvalue weighted by Gasteiger charge is -2.01. The van der Waals surface area contributed by atoms with Crippen molar-refractivity contribution in [3.05, 3.63) is 43.1 Å². The van der Waals surface area contributed by atoms with E-state index in [4.69, 9.17) is 4.74 Å². The molecule has 0 aliphatic heterocycles. The van der Waals surface area contributed by atoms with Gasteiger partial charge in [-0.05, 0) is 18.3 Å². The number of carbonyl (C=O) groups excluding carboxylic acids is 1. The highest BCUT2D eigenvalue weighted by Crippen LogP contribution is 2.07.